The van der Waals surface area contributed by atoms with Crippen LogP contribution in [0.5, 0.6) is 0 Å². The van der Waals surface area contributed by atoms with E-state index in [0.717, 1.165) is 50.8 Å². The number of nitrogens with zero attached hydrogens (tertiary/aromatic N) is 3. The molecule has 0 atom stereocenters. The first-order chi connectivity index (χ1) is 12.8. The molecule has 2 aliphatic heterocycles. The maximum atomic E-state index is 12.4. The molecule has 0 spiro atoms. The summed E-state index contributed by atoms with van der Waals surface area (Å²) >= 11 is 0. The molecule has 2 aromatic rings. The van der Waals surface area contributed by atoms with Crippen LogP contribution >= 0.6 is 0 Å². The lowest BCUT2D eigenvalue weighted by Crippen LogP contribution is -2.36. The summed E-state index contributed by atoms with van der Waals surface area (Å²) in [6, 6.07) is 11.8. The molecule has 1 amide bonds. The van der Waals surface area contributed by atoms with Crippen molar-refractivity contribution in [2.75, 3.05) is 54.5 Å². The van der Waals surface area contributed by atoms with Crippen molar-refractivity contribution < 1.29 is 9.53 Å². The number of carbonyl (C=O) groups is 1. The Morgan fingerprint density at radius 2 is 1.54 bits per heavy atom. The van der Waals surface area contributed by atoms with Crippen LogP contribution in [0.2, 0.25) is 0 Å². The van der Waals surface area contributed by atoms with Crippen molar-refractivity contribution in [3.05, 3.63) is 48.3 Å². The van der Waals surface area contributed by atoms with Gasteiger partial charge in [0, 0.05) is 37.6 Å². The van der Waals surface area contributed by atoms with Crippen molar-refractivity contribution in [2.45, 2.75) is 12.8 Å². The summed E-state index contributed by atoms with van der Waals surface area (Å²) < 4.78 is 5.36. The number of hydrogen-bond donors (Lipinski definition) is 1. The van der Waals surface area contributed by atoms with Gasteiger partial charge >= 0.3 is 0 Å². The van der Waals surface area contributed by atoms with Crippen molar-refractivity contribution in [1.82, 2.24) is 4.98 Å². The van der Waals surface area contributed by atoms with Crippen LogP contribution in [0.4, 0.5) is 17.1 Å². The standard InChI is InChI=1S/C20H24N4O2/c25-20(19-8-7-18(15-21-19)24-11-13-26-14-12-24)22-16-3-5-17(6-4-16)23-9-1-2-10-23/h3-8,15H,1-2,9-14H2,(H,22,25). The number of rotatable bonds is 4. The Balaban J connectivity index is 1.38. The SMILES string of the molecule is O=C(Nc1ccc(N2CCCC2)cc1)c1ccc(N2CCOCC2)cn1. The van der Waals surface area contributed by atoms with Crippen LogP contribution in [0.1, 0.15) is 23.3 Å². The highest BCUT2D eigenvalue weighted by molar-refractivity contribution is 6.03. The summed E-state index contributed by atoms with van der Waals surface area (Å²) in [4.78, 5) is 21.3. The summed E-state index contributed by atoms with van der Waals surface area (Å²) in [6.45, 7) is 5.41. The number of anilines is 3. The Kier molecular flexibility index (Phi) is 5.02. The second-order valence-electron chi connectivity index (χ2n) is 6.70. The first kappa shape index (κ1) is 16.8. The van der Waals surface area contributed by atoms with Gasteiger partial charge in [0.25, 0.3) is 5.91 Å². The van der Waals surface area contributed by atoms with Gasteiger partial charge in [0.1, 0.15) is 5.69 Å². The van der Waals surface area contributed by atoms with Gasteiger partial charge in [-0.2, -0.15) is 0 Å². The van der Waals surface area contributed by atoms with Gasteiger partial charge in [0.05, 0.1) is 25.1 Å². The normalized spacial score (nSPS) is 17.4. The van der Waals surface area contributed by atoms with Crippen LogP contribution < -0.4 is 15.1 Å². The van der Waals surface area contributed by atoms with Gasteiger partial charge in [0.15, 0.2) is 0 Å². The van der Waals surface area contributed by atoms with Gasteiger partial charge in [-0.25, -0.2) is 4.98 Å². The summed E-state index contributed by atoms with van der Waals surface area (Å²) in [5.41, 5.74) is 3.45. The fourth-order valence-corrected chi connectivity index (χ4v) is 3.46. The van der Waals surface area contributed by atoms with Gasteiger partial charge in [-0.3, -0.25) is 4.79 Å². The Labute approximate surface area is 153 Å². The molecule has 0 radical (unpaired) electrons. The van der Waals surface area contributed by atoms with Gasteiger partial charge in [-0.15, -0.1) is 0 Å². The molecule has 4 rings (SSSR count). The zero-order chi connectivity index (χ0) is 17.8. The predicted octanol–water partition coefficient (Wildman–Crippen LogP) is 2.77. The fourth-order valence-electron chi connectivity index (χ4n) is 3.46. The summed E-state index contributed by atoms with van der Waals surface area (Å²) in [7, 11) is 0. The lowest BCUT2D eigenvalue weighted by molar-refractivity contribution is 0.102. The maximum Gasteiger partial charge on any atom is 0.274 e. The lowest BCUT2D eigenvalue weighted by Gasteiger charge is -2.28. The first-order valence-corrected chi connectivity index (χ1v) is 9.25. The summed E-state index contributed by atoms with van der Waals surface area (Å²) in [5, 5.41) is 2.92. The highest BCUT2D eigenvalue weighted by Crippen LogP contribution is 2.22. The first-order valence-electron chi connectivity index (χ1n) is 9.25. The molecule has 0 unspecified atom stereocenters. The Hall–Kier alpha value is -2.60. The number of hydrogen-bond acceptors (Lipinski definition) is 5. The smallest absolute Gasteiger partial charge is 0.274 e. The summed E-state index contributed by atoms with van der Waals surface area (Å²) in [6.07, 6.45) is 4.27. The fraction of sp³-hybridized carbons (Fsp3) is 0.400. The third-order valence-electron chi connectivity index (χ3n) is 4.95. The highest BCUT2D eigenvalue weighted by atomic mass is 16.5. The molecule has 2 aliphatic rings. The maximum absolute atomic E-state index is 12.4. The van der Waals surface area contributed by atoms with Crippen molar-refractivity contribution in [2.24, 2.45) is 0 Å². The van der Waals surface area contributed by atoms with Crippen molar-refractivity contribution in [3.8, 4) is 0 Å². The van der Waals surface area contributed by atoms with E-state index in [4.69, 9.17) is 4.74 Å². The number of benzene rings is 1. The Morgan fingerprint density at radius 3 is 2.19 bits per heavy atom. The van der Waals surface area contributed by atoms with E-state index in [1.54, 1.807) is 12.3 Å². The average Bonchev–Trinajstić information content (AvgIpc) is 3.24. The Bertz CT molecular complexity index is 733. The van der Waals surface area contributed by atoms with Crippen LogP contribution in [0.25, 0.3) is 0 Å². The molecule has 6 heteroatoms. The third-order valence-corrected chi connectivity index (χ3v) is 4.95. The van der Waals surface area contributed by atoms with Gasteiger partial charge in [0.2, 0.25) is 0 Å². The van der Waals surface area contributed by atoms with Gasteiger partial charge in [-0.1, -0.05) is 0 Å². The molecule has 26 heavy (non-hydrogen) atoms. The molecule has 2 saturated heterocycles. The van der Waals surface area contributed by atoms with Crippen molar-refractivity contribution >= 4 is 23.0 Å². The topological polar surface area (TPSA) is 57.7 Å². The van der Waals surface area contributed by atoms with Crippen molar-refractivity contribution in [3.63, 3.8) is 0 Å². The molecule has 1 aromatic carbocycles. The van der Waals surface area contributed by atoms with E-state index in [2.05, 4.69) is 32.2 Å². The quantitative estimate of drug-likeness (QED) is 0.917. The number of morpholine rings is 1. The highest BCUT2D eigenvalue weighted by Gasteiger charge is 2.14. The molecular weight excluding hydrogens is 328 g/mol. The molecule has 0 aliphatic carbocycles. The van der Waals surface area contributed by atoms with Crippen LogP contribution in [0.3, 0.4) is 0 Å². The lowest BCUT2D eigenvalue weighted by atomic mass is 10.2. The molecular formula is C20H24N4O2. The molecule has 0 saturated carbocycles. The number of aromatic nitrogens is 1. The molecule has 6 nitrogen and oxygen atoms in total. The molecule has 1 aromatic heterocycles. The van der Waals surface area contributed by atoms with Crippen LogP contribution in [-0.2, 0) is 4.74 Å². The van der Waals surface area contributed by atoms with Gasteiger partial charge < -0.3 is 19.9 Å². The zero-order valence-electron chi connectivity index (χ0n) is 14.9. The van der Waals surface area contributed by atoms with E-state index in [1.807, 2.05) is 18.2 Å². The number of ether oxygens (including phenoxy) is 1. The zero-order valence-corrected chi connectivity index (χ0v) is 14.9. The second kappa shape index (κ2) is 7.74. The molecule has 136 valence electrons. The molecule has 3 heterocycles. The van der Waals surface area contributed by atoms with Crippen molar-refractivity contribution in [1.29, 1.82) is 0 Å². The molecule has 0 bridgehead atoms. The number of pyridine rings is 1. The second-order valence-corrected chi connectivity index (χ2v) is 6.70. The molecule has 1 N–H and O–H groups in total. The number of amides is 1. The van der Waals surface area contributed by atoms with E-state index >= 15 is 0 Å². The van der Waals surface area contributed by atoms with E-state index in [1.165, 1.54) is 18.5 Å². The minimum absolute atomic E-state index is 0.188. The van der Waals surface area contributed by atoms with E-state index in [9.17, 15) is 4.79 Å². The van der Waals surface area contributed by atoms with Crippen LogP contribution in [0, 0.1) is 0 Å². The minimum atomic E-state index is -0.188. The monoisotopic (exact) mass is 352 g/mol. The summed E-state index contributed by atoms with van der Waals surface area (Å²) in [5.74, 6) is -0.188. The Morgan fingerprint density at radius 1 is 0.885 bits per heavy atom. The van der Waals surface area contributed by atoms with E-state index in [-0.39, 0.29) is 5.91 Å². The van der Waals surface area contributed by atoms with E-state index in [0.29, 0.717) is 5.69 Å². The van der Waals surface area contributed by atoms with E-state index < -0.39 is 0 Å². The third kappa shape index (κ3) is 3.80. The number of carbonyl (C=O) groups excluding carboxylic acids is 1. The largest absolute Gasteiger partial charge is 0.378 e. The predicted molar refractivity (Wildman–Crippen MR) is 103 cm³/mol. The number of nitrogens with one attached hydrogen (secondary N) is 1. The molecule has 2 fully saturated rings. The van der Waals surface area contributed by atoms with Crippen LogP contribution in [-0.4, -0.2) is 50.3 Å². The average molecular weight is 352 g/mol. The van der Waals surface area contributed by atoms with Gasteiger partial charge in [-0.05, 0) is 49.2 Å². The minimum Gasteiger partial charge on any atom is -0.378 e. The van der Waals surface area contributed by atoms with Crippen LogP contribution in [0.15, 0.2) is 42.6 Å².